The van der Waals surface area contributed by atoms with Gasteiger partial charge in [-0.25, -0.2) is 18.4 Å². The minimum absolute atomic E-state index is 0.0152. The number of amides is 2. The van der Waals surface area contributed by atoms with Gasteiger partial charge in [0.15, 0.2) is 0 Å². The van der Waals surface area contributed by atoms with Crippen molar-refractivity contribution in [3.8, 4) is 0 Å². The van der Waals surface area contributed by atoms with Gasteiger partial charge in [-0.05, 0) is 32.8 Å². The van der Waals surface area contributed by atoms with Crippen molar-refractivity contribution < 1.29 is 27.8 Å². The maximum Gasteiger partial charge on any atom is 0.410 e. The number of carbonyl (C=O) groups excluding carboxylic acids is 2. The van der Waals surface area contributed by atoms with E-state index in [4.69, 9.17) is 9.47 Å². The number of benzene rings is 1. The first-order valence-electron chi connectivity index (χ1n) is 8.40. The fourth-order valence-electron chi connectivity index (χ4n) is 2.53. The third-order valence-corrected chi connectivity index (χ3v) is 3.75. The number of alkyl halides is 2. The van der Waals surface area contributed by atoms with Crippen LogP contribution in [0.25, 0.3) is 0 Å². The Bertz CT molecular complexity index is 632. The molecule has 1 fully saturated rings. The smallest absolute Gasteiger partial charge is 0.410 e. The number of hydrogen-bond donors (Lipinski definition) is 1. The fourth-order valence-corrected chi connectivity index (χ4v) is 2.53. The third kappa shape index (κ3) is 5.86. The minimum atomic E-state index is -3.28. The van der Waals surface area contributed by atoms with Crippen molar-refractivity contribution in [1.82, 2.24) is 10.2 Å². The standard InChI is InChI=1S/C18H24F2N2O4/c1-17(2,3)26-15(23)21-14-9-10-22(12-18(14,19)20)16(24)25-11-13-7-5-4-6-8-13/h4-8,14H,9-12H2,1-3H3,(H,21,23). The van der Waals surface area contributed by atoms with Gasteiger partial charge in [0.05, 0.1) is 12.6 Å². The monoisotopic (exact) mass is 370 g/mol. The quantitative estimate of drug-likeness (QED) is 0.883. The molecule has 1 aliphatic rings. The Kier molecular flexibility index (Phi) is 6.05. The average molecular weight is 370 g/mol. The molecule has 1 aromatic carbocycles. The van der Waals surface area contributed by atoms with Crippen LogP contribution in [0.2, 0.25) is 0 Å². The lowest BCUT2D eigenvalue weighted by molar-refractivity contribution is -0.0867. The Hall–Kier alpha value is -2.38. The van der Waals surface area contributed by atoms with Gasteiger partial charge in [-0.2, -0.15) is 0 Å². The molecule has 0 saturated carbocycles. The molecule has 2 rings (SSSR count). The second-order valence-electron chi connectivity index (χ2n) is 7.21. The molecule has 1 heterocycles. The molecule has 1 aromatic rings. The van der Waals surface area contributed by atoms with Crippen molar-refractivity contribution >= 4 is 12.2 Å². The van der Waals surface area contributed by atoms with Crippen molar-refractivity contribution in [3.63, 3.8) is 0 Å². The molecule has 1 unspecified atom stereocenters. The van der Waals surface area contributed by atoms with Gasteiger partial charge in [0.2, 0.25) is 0 Å². The highest BCUT2D eigenvalue weighted by Crippen LogP contribution is 2.28. The fraction of sp³-hybridized carbons (Fsp3) is 0.556. The number of nitrogens with zero attached hydrogens (tertiary/aromatic N) is 1. The number of piperidine rings is 1. The molecule has 26 heavy (non-hydrogen) atoms. The van der Waals surface area contributed by atoms with E-state index in [0.29, 0.717) is 0 Å². The molecule has 0 spiro atoms. The molecule has 2 amide bonds. The zero-order valence-corrected chi connectivity index (χ0v) is 15.1. The maximum atomic E-state index is 14.3. The SMILES string of the molecule is CC(C)(C)OC(=O)NC1CCN(C(=O)OCc2ccccc2)CC1(F)F. The lowest BCUT2D eigenvalue weighted by Gasteiger charge is -2.38. The largest absolute Gasteiger partial charge is 0.445 e. The lowest BCUT2D eigenvalue weighted by Crippen LogP contribution is -2.59. The summed E-state index contributed by atoms with van der Waals surface area (Å²) in [6, 6.07) is 7.58. The lowest BCUT2D eigenvalue weighted by atomic mass is 10.0. The van der Waals surface area contributed by atoms with Gasteiger partial charge in [0.1, 0.15) is 12.2 Å². The number of carbonyl (C=O) groups is 2. The highest BCUT2D eigenvalue weighted by atomic mass is 19.3. The van der Waals surface area contributed by atoms with Crippen LogP contribution in [0.5, 0.6) is 0 Å². The number of alkyl carbamates (subject to hydrolysis) is 1. The summed E-state index contributed by atoms with van der Waals surface area (Å²) in [7, 11) is 0. The van der Waals surface area contributed by atoms with Crippen LogP contribution in [0.15, 0.2) is 30.3 Å². The van der Waals surface area contributed by atoms with Crippen LogP contribution < -0.4 is 5.32 Å². The van der Waals surface area contributed by atoms with E-state index in [1.54, 1.807) is 45.0 Å². The molecule has 144 valence electrons. The van der Waals surface area contributed by atoms with E-state index in [-0.39, 0.29) is 19.6 Å². The van der Waals surface area contributed by atoms with E-state index >= 15 is 0 Å². The summed E-state index contributed by atoms with van der Waals surface area (Å²) in [6.45, 7) is 4.20. The molecule has 1 aliphatic heterocycles. The van der Waals surface area contributed by atoms with E-state index in [1.165, 1.54) is 0 Å². The van der Waals surface area contributed by atoms with Gasteiger partial charge in [-0.15, -0.1) is 0 Å². The zero-order valence-electron chi connectivity index (χ0n) is 15.1. The van der Waals surface area contributed by atoms with Gasteiger partial charge in [-0.1, -0.05) is 30.3 Å². The molecule has 8 heteroatoms. The van der Waals surface area contributed by atoms with Crippen LogP contribution in [0.1, 0.15) is 32.8 Å². The topological polar surface area (TPSA) is 67.9 Å². The van der Waals surface area contributed by atoms with Crippen molar-refractivity contribution in [1.29, 1.82) is 0 Å². The summed E-state index contributed by atoms with van der Waals surface area (Å²) in [5.41, 5.74) is -0.00417. The van der Waals surface area contributed by atoms with Crippen molar-refractivity contribution in [2.24, 2.45) is 0 Å². The van der Waals surface area contributed by atoms with Crippen molar-refractivity contribution in [3.05, 3.63) is 35.9 Å². The van der Waals surface area contributed by atoms with E-state index in [1.807, 2.05) is 6.07 Å². The summed E-state index contributed by atoms with van der Waals surface area (Å²) >= 11 is 0. The Morgan fingerprint density at radius 1 is 1.27 bits per heavy atom. The van der Waals surface area contributed by atoms with Crippen LogP contribution >= 0.6 is 0 Å². The molecule has 1 saturated heterocycles. The molecule has 0 bridgehead atoms. The second kappa shape index (κ2) is 7.88. The van der Waals surface area contributed by atoms with Crippen LogP contribution in [-0.4, -0.2) is 47.7 Å². The number of ether oxygens (including phenoxy) is 2. The first kappa shape index (κ1) is 19.9. The first-order valence-corrected chi connectivity index (χ1v) is 8.40. The highest BCUT2D eigenvalue weighted by Gasteiger charge is 2.47. The number of hydrogen-bond acceptors (Lipinski definition) is 4. The molecular formula is C18H24F2N2O4. The Labute approximate surface area is 151 Å². The van der Waals surface area contributed by atoms with Gasteiger partial charge >= 0.3 is 12.2 Å². The zero-order chi connectivity index (χ0) is 19.4. The van der Waals surface area contributed by atoms with E-state index in [9.17, 15) is 18.4 Å². The van der Waals surface area contributed by atoms with E-state index < -0.39 is 36.3 Å². The van der Waals surface area contributed by atoms with Crippen LogP contribution in [0, 0.1) is 0 Å². The summed E-state index contributed by atoms with van der Waals surface area (Å²) in [5, 5.41) is 2.19. The van der Waals surface area contributed by atoms with Gasteiger partial charge in [-0.3, -0.25) is 0 Å². The molecule has 1 atom stereocenters. The summed E-state index contributed by atoms with van der Waals surface area (Å²) in [5.74, 6) is -3.28. The predicted octanol–water partition coefficient (Wildman–Crippen LogP) is 3.56. The third-order valence-electron chi connectivity index (χ3n) is 3.75. The van der Waals surface area contributed by atoms with Crippen LogP contribution in [-0.2, 0) is 16.1 Å². The average Bonchev–Trinajstić information content (AvgIpc) is 2.53. The van der Waals surface area contributed by atoms with Crippen LogP contribution in [0.4, 0.5) is 18.4 Å². The van der Waals surface area contributed by atoms with Gasteiger partial charge < -0.3 is 19.7 Å². The highest BCUT2D eigenvalue weighted by molar-refractivity contribution is 5.69. The Morgan fingerprint density at radius 3 is 2.50 bits per heavy atom. The molecule has 0 radical (unpaired) electrons. The molecule has 0 aliphatic carbocycles. The summed E-state index contributed by atoms with van der Waals surface area (Å²) < 4.78 is 38.7. The first-order chi connectivity index (χ1) is 12.1. The number of likely N-dealkylation sites (tertiary alicyclic amines) is 1. The van der Waals surface area contributed by atoms with Gasteiger partial charge in [0.25, 0.3) is 5.92 Å². The Balaban J connectivity index is 1.86. The number of halogens is 2. The van der Waals surface area contributed by atoms with E-state index in [2.05, 4.69) is 5.32 Å². The molecule has 0 aromatic heterocycles. The van der Waals surface area contributed by atoms with Crippen molar-refractivity contribution in [2.45, 2.75) is 51.4 Å². The number of rotatable bonds is 3. The normalized spacial score (nSPS) is 19.6. The molecule has 1 N–H and O–H groups in total. The summed E-state index contributed by atoms with van der Waals surface area (Å²) in [4.78, 5) is 24.7. The Morgan fingerprint density at radius 2 is 1.92 bits per heavy atom. The van der Waals surface area contributed by atoms with Crippen LogP contribution in [0.3, 0.4) is 0 Å². The second-order valence-corrected chi connectivity index (χ2v) is 7.21. The summed E-state index contributed by atoms with van der Waals surface area (Å²) in [6.07, 6.45) is -1.79. The van der Waals surface area contributed by atoms with Crippen molar-refractivity contribution in [2.75, 3.05) is 13.1 Å². The minimum Gasteiger partial charge on any atom is -0.445 e. The maximum absolute atomic E-state index is 14.3. The molecular weight excluding hydrogens is 346 g/mol. The van der Waals surface area contributed by atoms with E-state index in [0.717, 1.165) is 10.5 Å². The van der Waals surface area contributed by atoms with Gasteiger partial charge in [0, 0.05) is 6.54 Å². The number of nitrogens with one attached hydrogen (secondary N) is 1. The molecule has 6 nitrogen and oxygen atoms in total. The predicted molar refractivity (Wildman–Crippen MR) is 90.9 cm³/mol.